The van der Waals surface area contributed by atoms with E-state index in [0.29, 0.717) is 12.5 Å². The van der Waals surface area contributed by atoms with Gasteiger partial charge in [-0.1, -0.05) is 30.3 Å². The molecule has 1 aromatic carbocycles. The average molecular weight is 259 g/mol. The lowest BCUT2D eigenvalue weighted by molar-refractivity contribution is -0.133. The summed E-state index contributed by atoms with van der Waals surface area (Å²) >= 11 is 0. The van der Waals surface area contributed by atoms with Gasteiger partial charge in [0.1, 0.15) is 5.54 Å². The van der Waals surface area contributed by atoms with Crippen LogP contribution in [-0.4, -0.2) is 36.0 Å². The predicted octanol–water partition coefficient (Wildman–Crippen LogP) is 0.726. The number of fused-ring (bicyclic) bond motifs is 3. The Hall–Kier alpha value is -1.39. The van der Waals surface area contributed by atoms with Gasteiger partial charge in [0.25, 0.3) is 0 Å². The first-order valence-electron chi connectivity index (χ1n) is 7.02. The van der Waals surface area contributed by atoms with Crippen LogP contribution in [0.5, 0.6) is 0 Å². The number of rotatable bonds is 4. The van der Waals surface area contributed by atoms with Gasteiger partial charge < -0.3 is 10.6 Å². The molecule has 1 aromatic rings. The summed E-state index contributed by atoms with van der Waals surface area (Å²) in [5, 5.41) is 3.47. The van der Waals surface area contributed by atoms with Gasteiger partial charge in [-0.05, 0) is 37.4 Å². The van der Waals surface area contributed by atoms with Crippen LogP contribution in [0, 0.1) is 5.92 Å². The largest absolute Gasteiger partial charge is 0.368 e. The maximum atomic E-state index is 12.0. The highest BCUT2D eigenvalue weighted by molar-refractivity contribution is 5.85. The smallest absolute Gasteiger partial charge is 0.239 e. The zero-order valence-electron chi connectivity index (χ0n) is 11.1. The standard InChI is InChI=1S/C15H21N3O/c16-14(19)15(11-18-8-6-13(15)7-9-18)17-10-12-4-2-1-3-5-12/h1-5,13,17H,6-11H2,(H2,16,19)/t15-/m1/s1. The van der Waals surface area contributed by atoms with Gasteiger partial charge in [-0.15, -0.1) is 0 Å². The van der Waals surface area contributed by atoms with E-state index in [1.807, 2.05) is 18.2 Å². The van der Waals surface area contributed by atoms with Crippen LogP contribution in [0.25, 0.3) is 0 Å². The van der Waals surface area contributed by atoms with Gasteiger partial charge in [-0.25, -0.2) is 0 Å². The summed E-state index contributed by atoms with van der Waals surface area (Å²) in [5.74, 6) is 0.191. The molecule has 1 atom stereocenters. The zero-order valence-corrected chi connectivity index (χ0v) is 11.1. The number of carbonyl (C=O) groups is 1. The van der Waals surface area contributed by atoms with Gasteiger partial charge in [-0.3, -0.25) is 10.1 Å². The van der Waals surface area contributed by atoms with Gasteiger partial charge in [0.05, 0.1) is 0 Å². The number of nitrogens with two attached hydrogens (primary N) is 1. The first-order valence-corrected chi connectivity index (χ1v) is 7.02. The number of piperidine rings is 3. The van der Waals surface area contributed by atoms with E-state index in [1.54, 1.807) is 0 Å². The highest BCUT2D eigenvalue weighted by Gasteiger charge is 2.50. The lowest BCUT2D eigenvalue weighted by Gasteiger charge is -2.52. The Labute approximate surface area is 114 Å². The van der Waals surface area contributed by atoms with Crippen LogP contribution >= 0.6 is 0 Å². The van der Waals surface area contributed by atoms with Crippen LogP contribution < -0.4 is 11.1 Å². The van der Waals surface area contributed by atoms with Crippen LogP contribution in [0.1, 0.15) is 18.4 Å². The molecule has 3 aliphatic heterocycles. The highest BCUT2D eigenvalue weighted by atomic mass is 16.1. The molecule has 102 valence electrons. The fourth-order valence-electron chi connectivity index (χ4n) is 3.49. The first-order chi connectivity index (χ1) is 9.21. The quantitative estimate of drug-likeness (QED) is 0.838. The van der Waals surface area contributed by atoms with Crippen LogP contribution in [0.2, 0.25) is 0 Å². The zero-order chi connectivity index (χ0) is 13.3. The van der Waals surface area contributed by atoms with Crippen molar-refractivity contribution in [2.75, 3.05) is 19.6 Å². The SMILES string of the molecule is NC(=O)[C@@]1(NCc2ccccc2)CN2CCC1CC2. The second-order valence-corrected chi connectivity index (χ2v) is 5.73. The molecule has 3 aliphatic rings. The van der Waals surface area contributed by atoms with Gasteiger partial charge >= 0.3 is 0 Å². The van der Waals surface area contributed by atoms with Crippen LogP contribution in [0.4, 0.5) is 0 Å². The lowest BCUT2D eigenvalue weighted by Crippen LogP contribution is -2.71. The molecule has 3 saturated heterocycles. The fraction of sp³-hybridized carbons (Fsp3) is 0.533. The molecule has 0 saturated carbocycles. The van der Waals surface area contributed by atoms with Crippen molar-refractivity contribution in [3.8, 4) is 0 Å². The average Bonchev–Trinajstić information content (AvgIpc) is 2.47. The Balaban J connectivity index is 1.76. The number of benzene rings is 1. The van der Waals surface area contributed by atoms with Crippen LogP contribution in [0.15, 0.2) is 30.3 Å². The summed E-state index contributed by atoms with van der Waals surface area (Å²) in [6.07, 6.45) is 2.15. The van der Waals surface area contributed by atoms with E-state index in [9.17, 15) is 4.79 Å². The van der Waals surface area contributed by atoms with Crippen molar-refractivity contribution in [1.29, 1.82) is 0 Å². The molecule has 19 heavy (non-hydrogen) atoms. The molecule has 3 fully saturated rings. The van der Waals surface area contributed by atoms with E-state index < -0.39 is 5.54 Å². The van der Waals surface area contributed by atoms with Crippen molar-refractivity contribution >= 4 is 5.91 Å². The van der Waals surface area contributed by atoms with E-state index >= 15 is 0 Å². The first kappa shape index (κ1) is 12.6. The Morgan fingerprint density at radius 2 is 2.00 bits per heavy atom. The number of nitrogens with zero attached hydrogens (tertiary/aromatic N) is 1. The molecule has 0 radical (unpaired) electrons. The molecular formula is C15H21N3O. The second kappa shape index (κ2) is 4.94. The second-order valence-electron chi connectivity index (χ2n) is 5.73. The third-order valence-electron chi connectivity index (χ3n) is 4.65. The topological polar surface area (TPSA) is 58.4 Å². The maximum Gasteiger partial charge on any atom is 0.239 e. The van der Waals surface area contributed by atoms with Crippen molar-refractivity contribution in [1.82, 2.24) is 10.2 Å². The molecule has 2 bridgehead atoms. The normalized spacial score (nSPS) is 33.3. The third kappa shape index (κ3) is 2.26. The molecule has 3 N–H and O–H groups in total. The van der Waals surface area contributed by atoms with Gasteiger partial charge in [-0.2, -0.15) is 0 Å². The molecule has 0 aliphatic carbocycles. The van der Waals surface area contributed by atoms with E-state index in [-0.39, 0.29) is 5.91 Å². The number of primary amides is 1. The number of amides is 1. The summed E-state index contributed by atoms with van der Waals surface area (Å²) < 4.78 is 0. The van der Waals surface area contributed by atoms with Crippen LogP contribution in [0.3, 0.4) is 0 Å². The molecule has 0 spiro atoms. The van der Waals surface area contributed by atoms with E-state index in [2.05, 4.69) is 22.3 Å². The monoisotopic (exact) mass is 259 g/mol. The van der Waals surface area contributed by atoms with E-state index in [4.69, 9.17) is 5.73 Å². The van der Waals surface area contributed by atoms with E-state index in [0.717, 1.165) is 32.5 Å². The van der Waals surface area contributed by atoms with Crippen molar-refractivity contribution in [3.63, 3.8) is 0 Å². The Morgan fingerprint density at radius 1 is 1.32 bits per heavy atom. The molecule has 3 heterocycles. The summed E-state index contributed by atoms with van der Waals surface area (Å²) in [7, 11) is 0. The summed E-state index contributed by atoms with van der Waals surface area (Å²) in [5.41, 5.74) is 6.38. The van der Waals surface area contributed by atoms with Crippen molar-refractivity contribution < 1.29 is 4.79 Å². The molecule has 4 nitrogen and oxygen atoms in total. The fourth-order valence-corrected chi connectivity index (χ4v) is 3.49. The number of hydrogen-bond acceptors (Lipinski definition) is 3. The third-order valence-corrected chi connectivity index (χ3v) is 4.65. The molecular weight excluding hydrogens is 238 g/mol. The number of nitrogens with one attached hydrogen (secondary N) is 1. The molecule has 4 heteroatoms. The van der Waals surface area contributed by atoms with Gasteiger partial charge in [0.15, 0.2) is 0 Å². The van der Waals surface area contributed by atoms with Gasteiger partial charge in [0.2, 0.25) is 5.91 Å². The molecule has 4 rings (SSSR count). The van der Waals surface area contributed by atoms with Crippen molar-refractivity contribution in [3.05, 3.63) is 35.9 Å². The minimum absolute atomic E-state index is 0.196. The van der Waals surface area contributed by atoms with Gasteiger partial charge in [0, 0.05) is 13.1 Å². The maximum absolute atomic E-state index is 12.0. The van der Waals surface area contributed by atoms with Crippen LogP contribution in [-0.2, 0) is 11.3 Å². The van der Waals surface area contributed by atoms with E-state index in [1.165, 1.54) is 5.56 Å². The lowest BCUT2D eigenvalue weighted by atomic mass is 9.72. The minimum atomic E-state index is -0.535. The minimum Gasteiger partial charge on any atom is -0.368 e. The summed E-state index contributed by atoms with van der Waals surface area (Å²) in [6, 6.07) is 10.2. The van der Waals surface area contributed by atoms with Crippen molar-refractivity contribution in [2.24, 2.45) is 11.7 Å². The Bertz CT molecular complexity index is 454. The Morgan fingerprint density at radius 3 is 2.53 bits per heavy atom. The molecule has 0 aromatic heterocycles. The Kier molecular flexibility index (Phi) is 3.29. The predicted molar refractivity (Wildman–Crippen MR) is 74.4 cm³/mol. The number of hydrogen-bond donors (Lipinski definition) is 2. The molecule has 1 amide bonds. The van der Waals surface area contributed by atoms with Crippen molar-refractivity contribution in [2.45, 2.75) is 24.9 Å². The molecule has 0 unspecified atom stereocenters. The summed E-state index contributed by atoms with van der Waals surface area (Å²) in [6.45, 7) is 3.67. The number of carbonyl (C=O) groups excluding carboxylic acids is 1. The highest BCUT2D eigenvalue weighted by Crippen LogP contribution is 2.35. The summed E-state index contributed by atoms with van der Waals surface area (Å²) in [4.78, 5) is 14.4.